The third kappa shape index (κ3) is 4.41. The molecular formula is C19H29NO. The normalized spacial score (nSPS) is 26.2. The maximum Gasteiger partial charge on any atom is 0.127 e. The number of carbonyl (C=O) groups excluding carboxylic acids is 1. The van der Waals surface area contributed by atoms with Crippen molar-refractivity contribution in [1.82, 2.24) is 4.90 Å². The molecule has 116 valence electrons. The SMILES string of the molecule is CC1CCCC(C=O)(CN(Cc2ccccc2)C(C)C)C1. The van der Waals surface area contributed by atoms with E-state index in [1.165, 1.54) is 24.7 Å². The summed E-state index contributed by atoms with van der Waals surface area (Å²) < 4.78 is 0. The molecule has 0 aliphatic heterocycles. The second kappa shape index (κ2) is 7.22. The van der Waals surface area contributed by atoms with Crippen LogP contribution in [0.2, 0.25) is 0 Å². The van der Waals surface area contributed by atoms with Gasteiger partial charge in [-0.1, -0.05) is 50.1 Å². The quantitative estimate of drug-likeness (QED) is 0.727. The van der Waals surface area contributed by atoms with Crippen molar-refractivity contribution < 1.29 is 4.79 Å². The molecule has 1 aromatic carbocycles. The zero-order chi connectivity index (χ0) is 15.3. The molecule has 2 nitrogen and oxygen atoms in total. The molecule has 0 radical (unpaired) electrons. The van der Waals surface area contributed by atoms with E-state index in [0.29, 0.717) is 12.0 Å². The Morgan fingerprint density at radius 2 is 2.05 bits per heavy atom. The number of carbonyl (C=O) groups is 1. The van der Waals surface area contributed by atoms with E-state index < -0.39 is 0 Å². The van der Waals surface area contributed by atoms with Crippen molar-refractivity contribution in [2.45, 2.75) is 59.0 Å². The Balaban J connectivity index is 2.09. The van der Waals surface area contributed by atoms with Crippen molar-refractivity contribution in [2.75, 3.05) is 6.54 Å². The first-order valence-electron chi connectivity index (χ1n) is 8.29. The van der Waals surface area contributed by atoms with Gasteiger partial charge >= 0.3 is 0 Å². The molecule has 1 aliphatic rings. The van der Waals surface area contributed by atoms with E-state index in [1.807, 2.05) is 0 Å². The molecule has 2 heteroatoms. The van der Waals surface area contributed by atoms with Crippen molar-refractivity contribution in [2.24, 2.45) is 11.3 Å². The van der Waals surface area contributed by atoms with Crippen LogP contribution >= 0.6 is 0 Å². The molecule has 21 heavy (non-hydrogen) atoms. The standard InChI is InChI=1S/C19H29NO/c1-16(2)20(13-18-9-5-4-6-10-18)14-19(15-21)11-7-8-17(3)12-19/h4-6,9-10,15-17H,7-8,11-14H2,1-3H3. The fourth-order valence-corrected chi connectivity index (χ4v) is 3.63. The number of nitrogens with zero attached hydrogens (tertiary/aromatic N) is 1. The van der Waals surface area contributed by atoms with E-state index in [-0.39, 0.29) is 5.41 Å². The smallest absolute Gasteiger partial charge is 0.127 e. The average Bonchev–Trinajstić information content (AvgIpc) is 2.47. The van der Waals surface area contributed by atoms with Gasteiger partial charge in [0.25, 0.3) is 0 Å². The van der Waals surface area contributed by atoms with Gasteiger partial charge in [-0.15, -0.1) is 0 Å². The van der Waals surface area contributed by atoms with Gasteiger partial charge < -0.3 is 4.79 Å². The Bertz CT molecular complexity index is 442. The highest BCUT2D eigenvalue weighted by atomic mass is 16.1. The summed E-state index contributed by atoms with van der Waals surface area (Å²) in [7, 11) is 0. The van der Waals surface area contributed by atoms with E-state index in [4.69, 9.17) is 0 Å². The molecule has 1 saturated carbocycles. The van der Waals surface area contributed by atoms with E-state index in [9.17, 15) is 4.79 Å². The van der Waals surface area contributed by atoms with Crippen LogP contribution in [0.4, 0.5) is 0 Å². The summed E-state index contributed by atoms with van der Waals surface area (Å²) in [5, 5.41) is 0. The summed E-state index contributed by atoms with van der Waals surface area (Å²) in [6.07, 6.45) is 5.82. The van der Waals surface area contributed by atoms with Gasteiger partial charge in [-0.3, -0.25) is 4.90 Å². The first-order chi connectivity index (χ1) is 10.0. The summed E-state index contributed by atoms with van der Waals surface area (Å²) in [6, 6.07) is 11.0. The molecule has 1 aliphatic carbocycles. The number of hydrogen-bond donors (Lipinski definition) is 0. The van der Waals surface area contributed by atoms with Gasteiger partial charge in [0.05, 0.1) is 0 Å². The molecule has 0 amide bonds. The van der Waals surface area contributed by atoms with Gasteiger partial charge in [0.2, 0.25) is 0 Å². The molecular weight excluding hydrogens is 258 g/mol. The van der Waals surface area contributed by atoms with E-state index in [2.05, 4.69) is 56.0 Å². The lowest BCUT2D eigenvalue weighted by Gasteiger charge is -2.41. The molecule has 0 saturated heterocycles. The molecule has 0 spiro atoms. The number of benzene rings is 1. The van der Waals surface area contributed by atoms with Crippen LogP contribution in [0.3, 0.4) is 0 Å². The van der Waals surface area contributed by atoms with Crippen LogP contribution in [0.15, 0.2) is 30.3 Å². The molecule has 2 atom stereocenters. The Morgan fingerprint density at radius 3 is 2.62 bits per heavy atom. The largest absolute Gasteiger partial charge is 0.303 e. The van der Waals surface area contributed by atoms with Gasteiger partial charge in [0, 0.05) is 24.5 Å². The van der Waals surface area contributed by atoms with Crippen LogP contribution < -0.4 is 0 Å². The molecule has 0 N–H and O–H groups in total. The van der Waals surface area contributed by atoms with Gasteiger partial charge in [-0.05, 0) is 38.2 Å². The zero-order valence-electron chi connectivity index (χ0n) is 13.7. The molecule has 0 bridgehead atoms. The van der Waals surface area contributed by atoms with Crippen LogP contribution in [0.25, 0.3) is 0 Å². The van der Waals surface area contributed by atoms with Crippen molar-refractivity contribution in [3.05, 3.63) is 35.9 Å². The maximum atomic E-state index is 11.8. The highest BCUT2D eigenvalue weighted by Crippen LogP contribution is 2.39. The van der Waals surface area contributed by atoms with Gasteiger partial charge in [-0.25, -0.2) is 0 Å². The summed E-state index contributed by atoms with van der Waals surface area (Å²) >= 11 is 0. The van der Waals surface area contributed by atoms with Gasteiger partial charge in [-0.2, -0.15) is 0 Å². The lowest BCUT2D eigenvalue weighted by Crippen LogP contribution is -2.44. The minimum Gasteiger partial charge on any atom is -0.303 e. The van der Waals surface area contributed by atoms with Crippen molar-refractivity contribution in [1.29, 1.82) is 0 Å². The van der Waals surface area contributed by atoms with Crippen LogP contribution in [-0.2, 0) is 11.3 Å². The number of aldehydes is 1. The third-order valence-corrected chi connectivity index (χ3v) is 4.85. The summed E-state index contributed by atoms with van der Waals surface area (Å²) in [5.41, 5.74) is 1.20. The summed E-state index contributed by atoms with van der Waals surface area (Å²) in [5.74, 6) is 0.676. The predicted molar refractivity (Wildman–Crippen MR) is 88.1 cm³/mol. The number of rotatable bonds is 6. The average molecular weight is 287 g/mol. The third-order valence-electron chi connectivity index (χ3n) is 4.85. The van der Waals surface area contributed by atoms with Crippen LogP contribution in [0, 0.1) is 11.3 Å². The monoisotopic (exact) mass is 287 g/mol. The molecule has 0 aromatic heterocycles. The molecule has 2 rings (SSSR count). The lowest BCUT2D eigenvalue weighted by molar-refractivity contribution is -0.120. The van der Waals surface area contributed by atoms with E-state index >= 15 is 0 Å². The first-order valence-corrected chi connectivity index (χ1v) is 8.29. The minimum absolute atomic E-state index is 0.128. The van der Waals surface area contributed by atoms with Crippen LogP contribution in [0.5, 0.6) is 0 Å². The van der Waals surface area contributed by atoms with Crippen LogP contribution in [-0.4, -0.2) is 23.8 Å². The Morgan fingerprint density at radius 1 is 1.33 bits per heavy atom. The Kier molecular flexibility index (Phi) is 5.58. The van der Waals surface area contributed by atoms with E-state index in [0.717, 1.165) is 25.9 Å². The maximum absolute atomic E-state index is 11.8. The van der Waals surface area contributed by atoms with Crippen molar-refractivity contribution in [3.63, 3.8) is 0 Å². The topological polar surface area (TPSA) is 20.3 Å². The summed E-state index contributed by atoms with van der Waals surface area (Å²) in [4.78, 5) is 14.3. The second-order valence-corrected chi connectivity index (χ2v) is 7.17. The highest BCUT2D eigenvalue weighted by molar-refractivity contribution is 5.60. The molecule has 1 fully saturated rings. The minimum atomic E-state index is -0.128. The fraction of sp³-hybridized carbons (Fsp3) is 0.632. The summed E-state index contributed by atoms with van der Waals surface area (Å²) in [6.45, 7) is 8.57. The van der Waals surface area contributed by atoms with E-state index in [1.54, 1.807) is 0 Å². The first kappa shape index (κ1) is 16.2. The van der Waals surface area contributed by atoms with Gasteiger partial charge in [0.1, 0.15) is 6.29 Å². The zero-order valence-corrected chi connectivity index (χ0v) is 13.7. The van der Waals surface area contributed by atoms with Crippen molar-refractivity contribution >= 4 is 6.29 Å². The van der Waals surface area contributed by atoms with Crippen LogP contribution in [0.1, 0.15) is 52.0 Å². The molecule has 1 aromatic rings. The number of hydrogen-bond acceptors (Lipinski definition) is 2. The molecule has 2 unspecified atom stereocenters. The predicted octanol–water partition coefficient (Wildman–Crippen LogP) is 4.29. The Labute approximate surface area is 129 Å². The lowest BCUT2D eigenvalue weighted by atomic mass is 9.70. The molecule has 0 heterocycles. The van der Waals surface area contributed by atoms with Gasteiger partial charge in [0.15, 0.2) is 0 Å². The highest BCUT2D eigenvalue weighted by Gasteiger charge is 2.36. The van der Waals surface area contributed by atoms with Crippen molar-refractivity contribution in [3.8, 4) is 0 Å². The Hall–Kier alpha value is -1.15. The second-order valence-electron chi connectivity index (χ2n) is 7.17. The fourth-order valence-electron chi connectivity index (χ4n) is 3.63.